The van der Waals surface area contributed by atoms with E-state index in [0.717, 1.165) is 12.0 Å². The topological polar surface area (TPSA) is 64.7 Å². The molecule has 0 amide bonds. The molecule has 7 heteroatoms. The summed E-state index contributed by atoms with van der Waals surface area (Å²) in [5, 5.41) is 12.6. The van der Waals surface area contributed by atoms with Crippen molar-refractivity contribution in [3.8, 4) is 11.3 Å². The Bertz CT molecular complexity index is 1040. The number of nitrogens with zero attached hydrogens (tertiary/aromatic N) is 4. The van der Waals surface area contributed by atoms with Crippen LogP contribution in [0.2, 0.25) is 0 Å². The van der Waals surface area contributed by atoms with Crippen LogP contribution in [0.5, 0.6) is 0 Å². The van der Waals surface area contributed by atoms with Gasteiger partial charge in [-0.3, -0.25) is 0 Å². The standard InChI is InChI=1S/C21H22F2N4O/c1-6-13-12-10-16(17-14(22)8-7-9-15(17)23)25-26-18(12)21(5,20(13,3)4)19-24-11(2)27-28-19/h7-10,13H,6H2,1-5H3/t13-,21?/m1/s1. The quantitative estimate of drug-likeness (QED) is 0.639. The average molecular weight is 384 g/mol. The second kappa shape index (κ2) is 6.15. The Morgan fingerprint density at radius 2 is 1.79 bits per heavy atom. The molecule has 0 aliphatic heterocycles. The number of rotatable bonds is 3. The van der Waals surface area contributed by atoms with Crippen LogP contribution < -0.4 is 0 Å². The third kappa shape index (κ3) is 2.34. The van der Waals surface area contributed by atoms with Gasteiger partial charge in [0.15, 0.2) is 5.82 Å². The first kappa shape index (κ1) is 18.7. The van der Waals surface area contributed by atoms with E-state index >= 15 is 0 Å². The fourth-order valence-electron chi connectivity index (χ4n) is 4.57. The van der Waals surface area contributed by atoms with E-state index in [1.165, 1.54) is 18.2 Å². The summed E-state index contributed by atoms with van der Waals surface area (Å²) in [5.74, 6) is -0.202. The molecule has 2 aromatic heterocycles. The number of aryl methyl sites for hydroxylation is 1. The number of hydrogen-bond donors (Lipinski definition) is 0. The van der Waals surface area contributed by atoms with Crippen LogP contribution in [-0.4, -0.2) is 20.3 Å². The van der Waals surface area contributed by atoms with Crippen molar-refractivity contribution >= 4 is 0 Å². The van der Waals surface area contributed by atoms with E-state index in [4.69, 9.17) is 4.52 Å². The molecule has 3 aromatic rings. The van der Waals surface area contributed by atoms with Gasteiger partial charge in [0.1, 0.15) is 11.6 Å². The highest BCUT2D eigenvalue weighted by atomic mass is 19.1. The summed E-state index contributed by atoms with van der Waals surface area (Å²) < 4.78 is 34.1. The molecule has 0 fully saturated rings. The molecule has 4 rings (SSSR count). The summed E-state index contributed by atoms with van der Waals surface area (Å²) in [7, 11) is 0. The van der Waals surface area contributed by atoms with Gasteiger partial charge in [-0.15, -0.1) is 5.10 Å². The SMILES string of the molecule is CC[C@@H]1c2cc(-c3c(F)cccc3F)nnc2C(C)(c2nc(C)no2)C1(C)C. The lowest BCUT2D eigenvalue weighted by atomic mass is 9.64. The number of hydrogen-bond acceptors (Lipinski definition) is 5. The van der Waals surface area contributed by atoms with Gasteiger partial charge >= 0.3 is 0 Å². The maximum atomic E-state index is 14.3. The van der Waals surface area contributed by atoms with Crippen molar-refractivity contribution < 1.29 is 13.3 Å². The lowest BCUT2D eigenvalue weighted by Crippen LogP contribution is -2.39. The Hall–Kier alpha value is -2.70. The van der Waals surface area contributed by atoms with Crippen LogP contribution in [0.3, 0.4) is 0 Å². The Morgan fingerprint density at radius 3 is 2.36 bits per heavy atom. The predicted octanol–water partition coefficient (Wildman–Crippen LogP) is 4.95. The van der Waals surface area contributed by atoms with Crippen LogP contribution in [0.1, 0.15) is 63.0 Å². The molecule has 28 heavy (non-hydrogen) atoms. The number of halogens is 2. The zero-order valence-electron chi connectivity index (χ0n) is 16.5. The van der Waals surface area contributed by atoms with Gasteiger partial charge in [0.05, 0.1) is 22.4 Å². The van der Waals surface area contributed by atoms with Crippen LogP contribution in [-0.2, 0) is 5.41 Å². The molecule has 0 radical (unpaired) electrons. The Labute approximate surface area is 162 Å². The lowest BCUT2D eigenvalue weighted by molar-refractivity contribution is 0.152. The smallest absolute Gasteiger partial charge is 0.239 e. The molecule has 0 saturated carbocycles. The van der Waals surface area contributed by atoms with Gasteiger partial charge < -0.3 is 4.52 Å². The molecule has 2 heterocycles. The lowest BCUT2D eigenvalue weighted by Gasteiger charge is -2.38. The van der Waals surface area contributed by atoms with Crippen molar-refractivity contribution in [2.75, 3.05) is 0 Å². The summed E-state index contributed by atoms with van der Waals surface area (Å²) in [5.41, 5.74) is 0.683. The van der Waals surface area contributed by atoms with Gasteiger partial charge in [-0.1, -0.05) is 32.0 Å². The highest BCUT2D eigenvalue weighted by Gasteiger charge is 2.59. The van der Waals surface area contributed by atoms with Gasteiger partial charge in [0, 0.05) is 0 Å². The van der Waals surface area contributed by atoms with E-state index in [0.29, 0.717) is 17.4 Å². The fraction of sp³-hybridized carbons (Fsp3) is 0.429. The van der Waals surface area contributed by atoms with Crippen LogP contribution >= 0.6 is 0 Å². The van der Waals surface area contributed by atoms with Crippen LogP contribution in [0.4, 0.5) is 8.78 Å². The third-order valence-corrected chi connectivity index (χ3v) is 6.41. The van der Waals surface area contributed by atoms with E-state index in [2.05, 4.69) is 41.1 Å². The average Bonchev–Trinajstić information content (AvgIpc) is 3.14. The van der Waals surface area contributed by atoms with Crippen molar-refractivity contribution in [3.05, 3.63) is 58.9 Å². The monoisotopic (exact) mass is 384 g/mol. The van der Waals surface area contributed by atoms with Gasteiger partial charge in [-0.2, -0.15) is 10.1 Å². The van der Waals surface area contributed by atoms with Crippen molar-refractivity contribution in [2.24, 2.45) is 5.41 Å². The van der Waals surface area contributed by atoms with Gasteiger partial charge in [-0.05, 0) is 55.4 Å². The van der Waals surface area contributed by atoms with E-state index in [9.17, 15) is 8.78 Å². The third-order valence-electron chi connectivity index (χ3n) is 6.41. The van der Waals surface area contributed by atoms with Crippen molar-refractivity contribution in [1.29, 1.82) is 0 Å². The second-order valence-electron chi connectivity index (χ2n) is 8.08. The summed E-state index contributed by atoms with van der Waals surface area (Å²) in [6, 6.07) is 5.54. The molecule has 0 bridgehead atoms. The summed E-state index contributed by atoms with van der Waals surface area (Å²) in [6.07, 6.45) is 0.827. The molecule has 0 spiro atoms. The zero-order chi connectivity index (χ0) is 20.3. The molecule has 5 nitrogen and oxygen atoms in total. The minimum absolute atomic E-state index is 0.0868. The largest absolute Gasteiger partial charge is 0.338 e. The Kier molecular flexibility index (Phi) is 4.10. The maximum Gasteiger partial charge on any atom is 0.239 e. The van der Waals surface area contributed by atoms with Crippen molar-refractivity contribution in [2.45, 2.75) is 52.4 Å². The van der Waals surface area contributed by atoms with Crippen LogP contribution in [0.25, 0.3) is 11.3 Å². The molecule has 1 aromatic carbocycles. The van der Waals surface area contributed by atoms with Gasteiger partial charge in [-0.25, -0.2) is 8.78 Å². The summed E-state index contributed by atoms with van der Waals surface area (Å²) in [6.45, 7) is 10.1. The minimum Gasteiger partial charge on any atom is -0.338 e. The van der Waals surface area contributed by atoms with E-state index in [-0.39, 0.29) is 22.6 Å². The number of benzene rings is 1. The molecular formula is C21H22F2N4O. The Morgan fingerprint density at radius 1 is 1.11 bits per heavy atom. The van der Waals surface area contributed by atoms with E-state index in [1.807, 2.05) is 6.92 Å². The van der Waals surface area contributed by atoms with Crippen LogP contribution in [0, 0.1) is 24.0 Å². The van der Waals surface area contributed by atoms with Crippen LogP contribution in [0.15, 0.2) is 28.8 Å². The highest BCUT2D eigenvalue weighted by molar-refractivity contribution is 5.63. The van der Waals surface area contributed by atoms with Gasteiger partial charge in [0.25, 0.3) is 0 Å². The van der Waals surface area contributed by atoms with E-state index < -0.39 is 17.0 Å². The van der Waals surface area contributed by atoms with Crippen molar-refractivity contribution in [1.82, 2.24) is 20.3 Å². The zero-order valence-corrected chi connectivity index (χ0v) is 16.5. The first-order chi connectivity index (χ1) is 13.2. The second-order valence-corrected chi connectivity index (χ2v) is 8.08. The molecule has 1 unspecified atom stereocenters. The molecule has 1 aliphatic carbocycles. The summed E-state index contributed by atoms with van der Waals surface area (Å²) >= 11 is 0. The fourth-order valence-corrected chi connectivity index (χ4v) is 4.57. The normalized spacial score (nSPS) is 23.0. The van der Waals surface area contributed by atoms with Crippen molar-refractivity contribution in [3.63, 3.8) is 0 Å². The molecule has 0 saturated heterocycles. The summed E-state index contributed by atoms with van der Waals surface area (Å²) in [4.78, 5) is 4.47. The minimum atomic E-state index is -0.663. The Balaban J connectivity index is 1.96. The van der Waals surface area contributed by atoms with E-state index in [1.54, 1.807) is 13.0 Å². The van der Waals surface area contributed by atoms with Gasteiger partial charge in [0.2, 0.25) is 5.89 Å². The molecular weight excluding hydrogens is 362 g/mol. The first-order valence-corrected chi connectivity index (χ1v) is 9.35. The number of fused-ring (bicyclic) bond motifs is 1. The number of aromatic nitrogens is 4. The predicted molar refractivity (Wildman–Crippen MR) is 99.7 cm³/mol. The maximum absolute atomic E-state index is 14.3. The molecule has 146 valence electrons. The highest BCUT2D eigenvalue weighted by Crippen LogP contribution is 2.61. The molecule has 1 aliphatic rings. The molecule has 2 atom stereocenters. The first-order valence-electron chi connectivity index (χ1n) is 9.35. The molecule has 0 N–H and O–H groups in total.